The zero-order valence-electron chi connectivity index (χ0n) is 14.9. The van der Waals surface area contributed by atoms with Crippen molar-refractivity contribution in [1.82, 2.24) is 5.32 Å². The first-order valence-corrected chi connectivity index (χ1v) is 10.1. The minimum atomic E-state index is -0.619. The number of alkyl carbamates (subject to hydrolysis) is 1. The van der Waals surface area contributed by atoms with Gasteiger partial charge in [0.05, 0.1) is 13.2 Å². The van der Waals surface area contributed by atoms with Gasteiger partial charge in [0.2, 0.25) is 0 Å². The van der Waals surface area contributed by atoms with Gasteiger partial charge in [0.15, 0.2) is 0 Å². The molecule has 0 aromatic heterocycles. The number of hydrogen-bond acceptors (Lipinski definition) is 5. The maximum Gasteiger partial charge on any atom is 0.407 e. The zero-order chi connectivity index (χ0) is 17.3. The van der Waals surface area contributed by atoms with Crippen LogP contribution in [0.5, 0.6) is 0 Å². The summed E-state index contributed by atoms with van der Waals surface area (Å²) in [7, 11) is 0. The smallest absolute Gasteiger partial charge is 0.407 e. The van der Waals surface area contributed by atoms with Crippen LogP contribution in [0.1, 0.15) is 65.2 Å². The van der Waals surface area contributed by atoms with Gasteiger partial charge in [-0.15, -0.1) is 0 Å². The van der Waals surface area contributed by atoms with Gasteiger partial charge < -0.3 is 14.8 Å². The van der Waals surface area contributed by atoms with E-state index in [0.717, 1.165) is 18.6 Å². The van der Waals surface area contributed by atoms with Gasteiger partial charge in [-0.2, -0.15) is 11.8 Å². The van der Waals surface area contributed by atoms with Crippen LogP contribution in [-0.4, -0.2) is 43.3 Å². The number of rotatable bonds is 14. The van der Waals surface area contributed by atoms with Crippen molar-refractivity contribution in [2.45, 2.75) is 71.3 Å². The topological polar surface area (TPSA) is 64.6 Å². The molecular formula is C17H33NO4S. The van der Waals surface area contributed by atoms with Gasteiger partial charge in [-0.05, 0) is 31.8 Å². The lowest BCUT2D eigenvalue weighted by Crippen LogP contribution is -2.42. The molecule has 1 N–H and O–H groups in total. The summed E-state index contributed by atoms with van der Waals surface area (Å²) >= 11 is 1.63. The van der Waals surface area contributed by atoms with Crippen molar-refractivity contribution in [1.29, 1.82) is 0 Å². The molecule has 0 rings (SSSR count). The Bertz CT molecular complexity index is 313. The minimum absolute atomic E-state index is 0.286. The van der Waals surface area contributed by atoms with Crippen molar-refractivity contribution in [3.8, 4) is 0 Å². The first kappa shape index (κ1) is 22.1. The first-order valence-electron chi connectivity index (χ1n) is 8.74. The number of unbranched alkanes of at least 4 members (excludes halogenated alkanes) is 6. The van der Waals surface area contributed by atoms with Crippen molar-refractivity contribution in [2.24, 2.45) is 0 Å². The van der Waals surface area contributed by atoms with Gasteiger partial charge >= 0.3 is 12.1 Å². The van der Waals surface area contributed by atoms with Crippen LogP contribution in [0.3, 0.4) is 0 Å². The molecule has 0 saturated heterocycles. The van der Waals surface area contributed by atoms with E-state index in [9.17, 15) is 9.59 Å². The van der Waals surface area contributed by atoms with Crippen LogP contribution in [0, 0.1) is 0 Å². The van der Waals surface area contributed by atoms with E-state index >= 15 is 0 Å². The SMILES string of the molecule is CCCCCCCCCOC(=O)C(CCSC)NC(=O)OCC. The number of esters is 1. The quantitative estimate of drug-likeness (QED) is 0.378. The fourth-order valence-electron chi connectivity index (χ4n) is 2.13. The van der Waals surface area contributed by atoms with Crippen LogP contribution in [0.2, 0.25) is 0 Å². The summed E-state index contributed by atoms with van der Waals surface area (Å²) in [6.07, 6.45) is 10.2. The molecule has 0 fully saturated rings. The average Bonchev–Trinajstić information content (AvgIpc) is 2.54. The summed E-state index contributed by atoms with van der Waals surface area (Å²) in [4.78, 5) is 23.5. The third-order valence-corrected chi connectivity index (χ3v) is 4.10. The first-order chi connectivity index (χ1) is 11.2. The average molecular weight is 348 g/mol. The van der Waals surface area contributed by atoms with Crippen LogP contribution in [-0.2, 0) is 14.3 Å². The molecule has 0 aliphatic heterocycles. The second-order valence-electron chi connectivity index (χ2n) is 5.49. The molecule has 1 amide bonds. The second kappa shape index (κ2) is 16.0. The molecule has 0 aliphatic rings. The molecule has 23 heavy (non-hydrogen) atoms. The highest BCUT2D eigenvalue weighted by atomic mass is 32.2. The van der Waals surface area contributed by atoms with E-state index in [0.29, 0.717) is 13.0 Å². The number of amides is 1. The highest BCUT2D eigenvalue weighted by Crippen LogP contribution is 2.08. The van der Waals surface area contributed by atoms with E-state index in [-0.39, 0.29) is 12.6 Å². The van der Waals surface area contributed by atoms with Gasteiger partial charge in [0.1, 0.15) is 6.04 Å². The Labute approximate surface area is 145 Å². The fraction of sp³-hybridized carbons (Fsp3) is 0.882. The summed E-state index contributed by atoms with van der Waals surface area (Å²) in [5.74, 6) is 0.418. The Balaban J connectivity index is 3.91. The third kappa shape index (κ3) is 13.2. The number of carbonyl (C=O) groups is 2. The summed E-state index contributed by atoms with van der Waals surface area (Å²) in [5.41, 5.74) is 0. The maximum absolute atomic E-state index is 12.1. The maximum atomic E-state index is 12.1. The predicted molar refractivity (Wildman–Crippen MR) is 95.9 cm³/mol. The fourth-order valence-corrected chi connectivity index (χ4v) is 2.60. The molecule has 0 heterocycles. The van der Waals surface area contributed by atoms with Crippen molar-refractivity contribution >= 4 is 23.8 Å². The molecule has 1 atom stereocenters. The van der Waals surface area contributed by atoms with E-state index in [2.05, 4.69) is 12.2 Å². The molecule has 0 radical (unpaired) electrons. The summed E-state index contributed by atoms with van der Waals surface area (Å²) in [6, 6.07) is -0.619. The predicted octanol–water partition coefficient (Wildman–Crippen LogP) is 4.15. The molecule has 0 bridgehead atoms. The molecule has 0 saturated carbocycles. The van der Waals surface area contributed by atoms with Crippen molar-refractivity contribution in [3.63, 3.8) is 0 Å². The normalized spacial score (nSPS) is 11.8. The summed E-state index contributed by atoms with van der Waals surface area (Å²) < 4.78 is 10.1. The third-order valence-electron chi connectivity index (χ3n) is 3.45. The Morgan fingerprint density at radius 2 is 1.65 bits per heavy atom. The monoisotopic (exact) mass is 347 g/mol. The number of thioether (sulfide) groups is 1. The van der Waals surface area contributed by atoms with E-state index in [4.69, 9.17) is 9.47 Å². The van der Waals surface area contributed by atoms with Gasteiger partial charge in [0.25, 0.3) is 0 Å². The van der Waals surface area contributed by atoms with Crippen LogP contribution in [0.25, 0.3) is 0 Å². The standard InChI is InChI=1S/C17H33NO4S/c1-4-6-7-8-9-10-11-13-22-16(19)15(12-14-23-3)18-17(20)21-5-2/h15H,4-14H2,1-3H3,(H,18,20). The molecule has 0 aromatic rings. The summed E-state index contributed by atoms with van der Waals surface area (Å²) in [5, 5.41) is 2.58. The van der Waals surface area contributed by atoms with Gasteiger partial charge in [-0.1, -0.05) is 45.4 Å². The van der Waals surface area contributed by atoms with E-state index in [1.54, 1.807) is 18.7 Å². The lowest BCUT2D eigenvalue weighted by molar-refractivity contribution is -0.146. The second-order valence-corrected chi connectivity index (χ2v) is 6.47. The number of ether oxygens (including phenoxy) is 2. The molecule has 136 valence electrons. The van der Waals surface area contributed by atoms with Gasteiger partial charge in [-0.3, -0.25) is 0 Å². The lowest BCUT2D eigenvalue weighted by Gasteiger charge is -2.17. The van der Waals surface area contributed by atoms with Crippen molar-refractivity contribution in [3.05, 3.63) is 0 Å². The molecular weight excluding hydrogens is 314 g/mol. The highest BCUT2D eigenvalue weighted by Gasteiger charge is 2.22. The van der Waals surface area contributed by atoms with E-state index < -0.39 is 12.1 Å². The van der Waals surface area contributed by atoms with Crippen molar-refractivity contribution in [2.75, 3.05) is 25.2 Å². The molecule has 5 nitrogen and oxygen atoms in total. The minimum Gasteiger partial charge on any atom is -0.464 e. The zero-order valence-corrected chi connectivity index (χ0v) is 15.7. The number of nitrogens with one attached hydrogen (secondary N) is 1. The number of carbonyl (C=O) groups excluding carboxylic acids is 2. The summed E-state index contributed by atoms with van der Waals surface area (Å²) in [6.45, 7) is 4.65. The largest absolute Gasteiger partial charge is 0.464 e. The van der Waals surface area contributed by atoms with Crippen LogP contribution >= 0.6 is 11.8 Å². The van der Waals surface area contributed by atoms with Crippen LogP contribution < -0.4 is 5.32 Å². The van der Waals surface area contributed by atoms with Crippen LogP contribution in [0.4, 0.5) is 4.79 Å². The Kier molecular flexibility index (Phi) is 15.3. The Morgan fingerprint density at radius 1 is 1.00 bits per heavy atom. The highest BCUT2D eigenvalue weighted by molar-refractivity contribution is 7.98. The lowest BCUT2D eigenvalue weighted by atomic mass is 10.1. The Hall–Kier alpha value is -0.910. The van der Waals surface area contributed by atoms with Gasteiger partial charge in [-0.25, -0.2) is 9.59 Å². The molecule has 1 unspecified atom stereocenters. The molecule has 0 aromatic carbocycles. The van der Waals surface area contributed by atoms with Crippen LogP contribution in [0.15, 0.2) is 0 Å². The van der Waals surface area contributed by atoms with E-state index in [1.807, 2.05) is 6.26 Å². The van der Waals surface area contributed by atoms with Gasteiger partial charge in [0, 0.05) is 0 Å². The number of hydrogen-bond donors (Lipinski definition) is 1. The van der Waals surface area contributed by atoms with Crippen molar-refractivity contribution < 1.29 is 19.1 Å². The molecule has 0 spiro atoms. The molecule has 0 aliphatic carbocycles. The Morgan fingerprint density at radius 3 is 2.26 bits per heavy atom. The van der Waals surface area contributed by atoms with E-state index in [1.165, 1.54) is 32.1 Å². The molecule has 6 heteroatoms.